The van der Waals surface area contributed by atoms with E-state index in [1.807, 2.05) is 0 Å². The van der Waals surface area contributed by atoms with E-state index in [2.05, 4.69) is 10.3 Å². The van der Waals surface area contributed by atoms with E-state index in [0.29, 0.717) is 15.4 Å². The molecule has 2 aromatic heterocycles. The summed E-state index contributed by atoms with van der Waals surface area (Å²) in [6.07, 6.45) is 0.135. The quantitative estimate of drug-likeness (QED) is 0.600. The molecule has 0 fully saturated rings. The van der Waals surface area contributed by atoms with Crippen molar-refractivity contribution in [1.82, 2.24) is 14.9 Å². The zero-order valence-electron chi connectivity index (χ0n) is 11.2. The highest BCUT2D eigenvalue weighted by Crippen LogP contribution is 2.20. The molecule has 0 aliphatic carbocycles. The third-order valence-corrected chi connectivity index (χ3v) is 4.55. The van der Waals surface area contributed by atoms with Gasteiger partial charge in [0.05, 0.1) is 11.3 Å². The minimum Gasteiger partial charge on any atom is -0.481 e. The Hall–Kier alpha value is -1.87. The molecule has 0 saturated heterocycles. The standard InChI is InChI=1S/C12H13N3O4S2/c1-13-8(16)2-4-15-11(19)10-7(3-5-20-10)14-12(15)21-6-9(17)18/h3,5H,2,4,6H2,1H3,(H,13,16)(H,17,18). The summed E-state index contributed by atoms with van der Waals surface area (Å²) >= 11 is 2.25. The summed E-state index contributed by atoms with van der Waals surface area (Å²) in [4.78, 5) is 38.7. The van der Waals surface area contributed by atoms with Crippen LogP contribution >= 0.6 is 23.1 Å². The number of hydrogen-bond donors (Lipinski definition) is 2. The fraction of sp³-hybridized carbons (Fsp3) is 0.333. The third kappa shape index (κ3) is 3.61. The largest absolute Gasteiger partial charge is 0.481 e. The van der Waals surface area contributed by atoms with Gasteiger partial charge in [0.25, 0.3) is 5.56 Å². The first-order valence-corrected chi connectivity index (χ1v) is 7.92. The number of carboxylic acids is 1. The van der Waals surface area contributed by atoms with Crippen LogP contribution in [0.5, 0.6) is 0 Å². The van der Waals surface area contributed by atoms with Crippen LogP contribution in [0.25, 0.3) is 10.2 Å². The average molecular weight is 327 g/mol. The number of nitrogens with one attached hydrogen (secondary N) is 1. The number of carbonyl (C=O) groups is 2. The molecule has 2 aromatic rings. The SMILES string of the molecule is CNC(=O)CCn1c(SCC(=O)O)nc2ccsc2c1=O. The number of aromatic nitrogens is 2. The monoisotopic (exact) mass is 327 g/mol. The van der Waals surface area contributed by atoms with Crippen LogP contribution in [0.2, 0.25) is 0 Å². The van der Waals surface area contributed by atoms with Gasteiger partial charge in [-0.2, -0.15) is 0 Å². The van der Waals surface area contributed by atoms with Crippen molar-refractivity contribution in [2.45, 2.75) is 18.1 Å². The number of amides is 1. The summed E-state index contributed by atoms with van der Waals surface area (Å²) in [6, 6.07) is 1.72. The summed E-state index contributed by atoms with van der Waals surface area (Å²) in [6.45, 7) is 0.168. The Morgan fingerprint density at radius 3 is 2.95 bits per heavy atom. The van der Waals surface area contributed by atoms with Gasteiger partial charge in [-0.3, -0.25) is 19.0 Å². The molecule has 0 radical (unpaired) electrons. The van der Waals surface area contributed by atoms with Crippen molar-refractivity contribution in [3.05, 3.63) is 21.8 Å². The zero-order chi connectivity index (χ0) is 15.4. The molecule has 0 aliphatic rings. The van der Waals surface area contributed by atoms with Crippen molar-refractivity contribution in [2.24, 2.45) is 0 Å². The van der Waals surface area contributed by atoms with Crippen molar-refractivity contribution in [3.63, 3.8) is 0 Å². The Kier molecular flexibility index (Phi) is 4.97. The fourth-order valence-electron chi connectivity index (χ4n) is 1.70. The van der Waals surface area contributed by atoms with Crippen molar-refractivity contribution in [3.8, 4) is 0 Å². The first-order chi connectivity index (χ1) is 10.0. The molecule has 0 spiro atoms. The summed E-state index contributed by atoms with van der Waals surface area (Å²) in [7, 11) is 1.52. The fourth-order valence-corrected chi connectivity index (χ4v) is 3.22. The second kappa shape index (κ2) is 6.72. The van der Waals surface area contributed by atoms with E-state index in [-0.39, 0.29) is 30.2 Å². The normalized spacial score (nSPS) is 10.7. The van der Waals surface area contributed by atoms with E-state index in [1.165, 1.54) is 23.0 Å². The number of hydrogen-bond acceptors (Lipinski definition) is 6. The molecule has 7 nitrogen and oxygen atoms in total. The molecular weight excluding hydrogens is 314 g/mol. The number of thioether (sulfide) groups is 1. The van der Waals surface area contributed by atoms with Crippen LogP contribution in [0.3, 0.4) is 0 Å². The molecule has 2 N–H and O–H groups in total. The molecule has 2 rings (SSSR count). The van der Waals surface area contributed by atoms with Crippen LogP contribution in [-0.2, 0) is 16.1 Å². The van der Waals surface area contributed by atoms with E-state index in [1.54, 1.807) is 11.4 Å². The van der Waals surface area contributed by atoms with Crippen LogP contribution in [-0.4, -0.2) is 39.3 Å². The molecule has 2 heterocycles. The second-order valence-corrected chi connectivity index (χ2v) is 5.95. The summed E-state index contributed by atoms with van der Waals surface area (Å²) in [5.41, 5.74) is 0.306. The Balaban J connectivity index is 2.39. The molecule has 0 aliphatic heterocycles. The Labute approximate surface area is 128 Å². The molecular formula is C12H13N3O4S2. The van der Waals surface area contributed by atoms with Gasteiger partial charge in [0.1, 0.15) is 4.70 Å². The first kappa shape index (κ1) is 15.5. The highest BCUT2D eigenvalue weighted by atomic mass is 32.2. The predicted molar refractivity (Wildman–Crippen MR) is 80.9 cm³/mol. The predicted octanol–water partition coefficient (Wildman–Crippen LogP) is 0.771. The van der Waals surface area contributed by atoms with Gasteiger partial charge in [-0.1, -0.05) is 11.8 Å². The highest BCUT2D eigenvalue weighted by Gasteiger charge is 2.14. The second-order valence-electron chi connectivity index (χ2n) is 4.09. The molecule has 0 saturated carbocycles. The van der Waals surface area contributed by atoms with Crippen LogP contribution < -0.4 is 10.9 Å². The smallest absolute Gasteiger partial charge is 0.313 e. The number of rotatable bonds is 6. The van der Waals surface area contributed by atoms with Crippen LogP contribution in [0, 0.1) is 0 Å². The zero-order valence-corrected chi connectivity index (χ0v) is 12.8. The molecule has 0 unspecified atom stereocenters. The highest BCUT2D eigenvalue weighted by molar-refractivity contribution is 7.99. The molecule has 0 aromatic carbocycles. The Bertz CT molecular complexity index is 738. The van der Waals surface area contributed by atoms with Crippen LogP contribution in [0.1, 0.15) is 6.42 Å². The van der Waals surface area contributed by atoms with Gasteiger partial charge in [0, 0.05) is 20.0 Å². The third-order valence-electron chi connectivity index (χ3n) is 2.70. The minimum atomic E-state index is -0.988. The molecule has 1 amide bonds. The maximum Gasteiger partial charge on any atom is 0.313 e. The molecule has 112 valence electrons. The first-order valence-electron chi connectivity index (χ1n) is 6.06. The van der Waals surface area contributed by atoms with Gasteiger partial charge in [-0.05, 0) is 11.4 Å². The minimum absolute atomic E-state index is 0.135. The lowest BCUT2D eigenvalue weighted by atomic mass is 10.4. The van der Waals surface area contributed by atoms with Crippen LogP contribution in [0.15, 0.2) is 21.4 Å². The lowest BCUT2D eigenvalue weighted by Gasteiger charge is -2.10. The van der Waals surface area contributed by atoms with E-state index in [4.69, 9.17) is 5.11 Å². The van der Waals surface area contributed by atoms with Gasteiger partial charge in [0.2, 0.25) is 5.91 Å². The van der Waals surface area contributed by atoms with Crippen molar-refractivity contribution in [1.29, 1.82) is 0 Å². The van der Waals surface area contributed by atoms with Gasteiger partial charge >= 0.3 is 5.97 Å². The van der Waals surface area contributed by atoms with Crippen molar-refractivity contribution in [2.75, 3.05) is 12.8 Å². The molecule has 9 heteroatoms. The summed E-state index contributed by atoms with van der Waals surface area (Å²) in [5.74, 6) is -1.37. The number of thiophene rings is 1. The van der Waals surface area contributed by atoms with Crippen LogP contribution in [0.4, 0.5) is 0 Å². The van der Waals surface area contributed by atoms with Crippen molar-refractivity contribution < 1.29 is 14.7 Å². The summed E-state index contributed by atoms with van der Waals surface area (Å²) < 4.78 is 1.87. The topological polar surface area (TPSA) is 101 Å². The lowest BCUT2D eigenvalue weighted by molar-refractivity contribution is -0.134. The number of aliphatic carboxylic acids is 1. The van der Waals surface area contributed by atoms with Gasteiger partial charge < -0.3 is 10.4 Å². The summed E-state index contributed by atoms with van der Waals surface area (Å²) in [5, 5.41) is 13.3. The average Bonchev–Trinajstić information content (AvgIpc) is 2.92. The molecule has 0 atom stereocenters. The number of fused-ring (bicyclic) bond motifs is 1. The maximum atomic E-state index is 12.4. The number of carbonyl (C=O) groups excluding carboxylic acids is 1. The van der Waals surface area contributed by atoms with E-state index in [9.17, 15) is 14.4 Å². The lowest BCUT2D eigenvalue weighted by Crippen LogP contribution is -2.27. The van der Waals surface area contributed by atoms with E-state index >= 15 is 0 Å². The Morgan fingerprint density at radius 2 is 2.29 bits per heavy atom. The number of carboxylic acid groups (broad SMARTS) is 1. The van der Waals surface area contributed by atoms with E-state index in [0.717, 1.165) is 11.8 Å². The Morgan fingerprint density at radius 1 is 1.52 bits per heavy atom. The molecule has 0 bridgehead atoms. The molecule has 21 heavy (non-hydrogen) atoms. The van der Waals surface area contributed by atoms with Crippen molar-refractivity contribution >= 4 is 45.2 Å². The van der Waals surface area contributed by atoms with Gasteiger partial charge in [-0.15, -0.1) is 11.3 Å². The van der Waals surface area contributed by atoms with E-state index < -0.39 is 5.97 Å². The van der Waals surface area contributed by atoms with Gasteiger partial charge in [-0.25, -0.2) is 4.98 Å². The maximum absolute atomic E-state index is 12.4. The van der Waals surface area contributed by atoms with Gasteiger partial charge in [0.15, 0.2) is 5.16 Å². The number of nitrogens with zero attached hydrogens (tertiary/aromatic N) is 2.